The average Bonchev–Trinajstić information content (AvgIpc) is 2.47. The number of nitrogens with zero attached hydrogens (tertiary/aromatic N) is 2. The fraction of sp³-hybridized carbons (Fsp3) is 0. The Kier molecular flexibility index (Phi) is 4.11. The topological polar surface area (TPSA) is 115 Å². The van der Waals surface area contributed by atoms with Crippen molar-refractivity contribution in [2.75, 3.05) is 10.6 Å². The van der Waals surface area contributed by atoms with Gasteiger partial charge in [0.1, 0.15) is 5.82 Å². The number of nitrogens with one attached hydrogen (secondary N) is 2. The van der Waals surface area contributed by atoms with E-state index in [0.29, 0.717) is 11.3 Å². The minimum atomic E-state index is -1.18. The molecule has 2 rings (SSSR count). The molecule has 21 heavy (non-hydrogen) atoms. The fourth-order valence-electron chi connectivity index (χ4n) is 1.57. The van der Waals surface area contributed by atoms with Crippen molar-refractivity contribution in [2.24, 2.45) is 0 Å². The molecule has 0 saturated carbocycles. The van der Waals surface area contributed by atoms with Crippen LogP contribution < -0.4 is 10.6 Å². The lowest BCUT2D eigenvalue weighted by molar-refractivity contribution is 0.0690. The van der Waals surface area contributed by atoms with Crippen molar-refractivity contribution in [1.82, 2.24) is 4.98 Å². The molecule has 2 amide bonds. The van der Waals surface area contributed by atoms with Crippen LogP contribution in [0.4, 0.5) is 16.3 Å². The van der Waals surface area contributed by atoms with Gasteiger partial charge < -0.3 is 10.4 Å². The highest BCUT2D eigenvalue weighted by Crippen LogP contribution is 2.11. The minimum absolute atomic E-state index is 0.115. The van der Waals surface area contributed by atoms with Crippen molar-refractivity contribution >= 4 is 23.5 Å². The number of carbonyl (C=O) groups excluding carboxylic acids is 1. The Morgan fingerprint density at radius 3 is 2.62 bits per heavy atom. The number of hydrogen-bond donors (Lipinski definition) is 3. The van der Waals surface area contributed by atoms with Crippen LogP contribution in [-0.4, -0.2) is 22.1 Å². The largest absolute Gasteiger partial charge is 0.477 e. The first-order valence-corrected chi connectivity index (χ1v) is 5.87. The minimum Gasteiger partial charge on any atom is -0.477 e. The molecule has 0 bridgehead atoms. The van der Waals surface area contributed by atoms with Crippen LogP contribution in [0, 0.1) is 11.3 Å². The van der Waals surface area contributed by atoms with E-state index in [0.717, 1.165) is 0 Å². The van der Waals surface area contributed by atoms with Crippen LogP contribution in [0.5, 0.6) is 0 Å². The fourth-order valence-corrected chi connectivity index (χ4v) is 1.57. The third kappa shape index (κ3) is 3.78. The van der Waals surface area contributed by atoms with Gasteiger partial charge in [0, 0.05) is 5.69 Å². The van der Waals surface area contributed by atoms with Gasteiger partial charge in [0.15, 0.2) is 5.69 Å². The summed E-state index contributed by atoms with van der Waals surface area (Å²) in [5, 5.41) is 22.5. The SMILES string of the molecule is N#Cc1cccc(NC(=O)Nc2cccc(C(=O)O)n2)c1. The Morgan fingerprint density at radius 2 is 1.90 bits per heavy atom. The predicted molar refractivity (Wildman–Crippen MR) is 75.0 cm³/mol. The van der Waals surface area contributed by atoms with Crippen LogP contribution in [0.1, 0.15) is 16.1 Å². The van der Waals surface area contributed by atoms with E-state index < -0.39 is 12.0 Å². The molecule has 0 aliphatic rings. The summed E-state index contributed by atoms with van der Waals surface area (Å²) in [6.45, 7) is 0. The van der Waals surface area contributed by atoms with Gasteiger partial charge in [-0.15, -0.1) is 0 Å². The van der Waals surface area contributed by atoms with Gasteiger partial charge in [0.25, 0.3) is 0 Å². The standard InChI is InChI=1S/C14H10N4O3/c15-8-9-3-1-4-10(7-9)16-14(21)18-12-6-2-5-11(17-12)13(19)20/h1-7H,(H,19,20)(H2,16,17,18,21). The van der Waals surface area contributed by atoms with Crippen LogP contribution in [0.25, 0.3) is 0 Å². The molecule has 3 N–H and O–H groups in total. The van der Waals surface area contributed by atoms with E-state index in [9.17, 15) is 9.59 Å². The maximum Gasteiger partial charge on any atom is 0.354 e. The Labute approximate surface area is 119 Å². The summed E-state index contributed by atoms with van der Waals surface area (Å²) >= 11 is 0. The normalized spacial score (nSPS) is 9.48. The van der Waals surface area contributed by atoms with Crippen LogP contribution in [0.15, 0.2) is 42.5 Å². The highest BCUT2D eigenvalue weighted by Gasteiger charge is 2.08. The van der Waals surface area contributed by atoms with Crippen molar-refractivity contribution in [3.8, 4) is 6.07 Å². The molecule has 104 valence electrons. The number of carboxylic acid groups (broad SMARTS) is 1. The van der Waals surface area contributed by atoms with E-state index in [1.165, 1.54) is 24.3 Å². The van der Waals surface area contributed by atoms with E-state index in [4.69, 9.17) is 10.4 Å². The van der Waals surface area contributed by atoms with E-state index >= 15 is 0 Å². The quantitative estimate of drug-likeness (QED) is 0.798. The monoisotopic (exact) mass is 282 g/mol. The molecule has 7 heteroatoms. The first-order chi connectivity index (χ1) is 10.1. The number of rotatable bonds is 3. The smallest absolute Gasteiger partial charge is 0.354 e. The number of carbonyl (C=O) groups is 2. The number of urea groups is 1. The van der Waals surface area contributed by atoms with Gasteiger partial charge in [-0.2, -0.15) is 5.26 Å². The third-order valence-electron chi connectivity index (χ3n) is 2.46. The summed E-state index contributed by atoms with van der Waals surface area (Å²) in [7, 11) is 0. The van der Waals surface area contributed by atoms with Crippen LogP contribution in [-0.2, 0) is 0 Å². The number of hydrogen-bond acceptors (Lipinski definition) is 4. The summed E-state index contributed by atoms with van der Waals surface area (Å²) in [5.41, 5.74) is 0.694. The Bertz CT molecular complexity index is 737. The molecule has 1 heterocycles. The molecule has 7 nitrogen and oxygen atoms in total. The van der Waals surface area contributed by atoms with E-state index in [-0.39, 0.29) is 11.5 Å². The van der Waals surface area contributed by atoms with Crippen LogP contribution in [0.3, 0.4) is 0 Å². The molecule has 1 aromatic heterocycles. The van der Waals surface area contributed by atoms with Crippen molar-refractivity contribution in [2.45, 2.75) is 0 Å². The Balaban J connectivity index is 2.06. The summed E-state index contributed by atoms with van der Waals surface area (Å²) in [5.74, 6) is -1.07. The molecule has 0 aliphatic carbocycles. The van der Waals surface area contributed by atoms with Crippen molar-refractivity contribution in [1.29, 1.82) is 5.26 Å². The second-order valence-corrected chi connectivity index (χ2v) is 3.98. The van der Waals surface area contributed by atoms with E-state index in [2.05, 4.69) is 15.6 Å². The number of aromatic carboxylic acids is 1. The molecule has 0 spiro atoms. The Morgan fingerprint density at radius 1 is 1.14 bits per heavy atom. The van der Waals surface area contributed by atoms with E-state index in [1.807, 2.05) is 6.07 Å². The molecule has 0 fully saturated rings. The number of aromatic nitrogens is 1. The van der Waals surface area contributed by atoms with Gasteiger partial charge in [-0.3, -0.25) is 5.32 Å². The van der Waals surface area contributed by atoms with Crippen molar-refractivity contribution in [3.63, 3.8) is 0 Å². The highest BCUT2D eigenvalue weighted by atomic mass is 16.4. The van der Waals surface area contributed by atoms with Crippen molar-refractivity contribution < 1.29 is 14.7 Å². The zero-order valence-electron chi connectivity index (χ0n) is 10.7. The highest BCUT2D eigenvalue weighted by molar-refractivity contribution is 5.99. The first-order valence-electron chi connectivity index (χ1n) is 5.87. The second kappa shape index (κ2) is 6.16. The lowest BCUT2D eigenvalue weighted by atomic mass is 10.2. The molecule has 1 aromatic carbocycles. The van der Waals surface area contributed by atoms with Gasteiger partial charge in [-0.25, -0.2) is 14.6 Å². The summed E-state index contributed by atoms with van der Waals surface area (Å²) in [6, 6.07) is 12.0. The summed E-state index contributed by atoms with van der Waals surface area (Å²) in [6.07, 6.45) is 0. The summed E-state index contributed by atoms with van der Waals surface area (Å²) in [4.78, 5) is 26.3. The molecule has 0 unspecified atom stereocenters. The number of anilines is 2. The second-order valence-electron chi connectivity index (χ2n) is 3.98. The molecule has 2 aromatic rings. The first kappa shape index (κ1) is 14.0. The third-order valence-corrected chi connectivity index (χ3v) is 2.46. The Hall–Kier alpha value is -3.40. The van der Waals surface area contributed by atoms with Crippen LogP contribution in [0.2, 0.25) is 0 Å². The van der Waals surface area contributed by atoms with Crippen molar-refractivity contribution in [3.05, 3.63) is 53.7 Å². The van der Waals surface area contributed by atoms with Gasteiger partial charge in [-0.05, 0) is 30.3 Å². The maximum absolute atomic E-state index is 11.8. The van der Waals surface area contributed by atoms with Gasteiger partial charge in [0.2, 0.25) is 0 Å². The summed E-state index contributed by atoms with van der Waals surface area (Å²) < 4.78 is 0. The number of carboxylic acids is 1. The number of nitriles is 1. The van der Waals surface area contributed by atoms with Gasteiger partial charge >= 0.3 is 12.0 Å². The average molecular weight is 282 g/mol. The molecule has 0 radical (unpaired) electrons. The molecule has 0 aliphatic heterocycles. The molecule has 0 atom stereocenters. The lowest BCUT2D eigenvalue weighted by Gasteiger charge is -2.07. The molecule has 0 saturated heterocycles. The van der Waals surface area contributed by atoms with Gasteiger partial charge in [0.05, 0.1) is 11.6 Å². The zero-order valence-corrected chi connectivity index (χ0v) is 10.7. The van der Waals surface area contributed by atoms with E-state index in [1.54, 1.807) is 18.2 Å². The zero-order chi connectivity index (χ0) is 15.2. The number of benzene rings is 1. The van der Waals surface area contributed by atoms with Crippen LogP contribution >= 0.6 is 0 Å². The van der Waals surface area contributed by atoms with Gasteiger partial charge in [-0.1, -0.05) is 12.1 Å². The lowest BCUT2D eigenvalue weighted by Crippen LogP contribution is -2.20. The number of pyridine rings is 1. The predicted octanol–water partition coefficient (Wildman–Crippen LogP) is 2.30. The molecular formula is C14H10N4O3. The number of amides is 2. The molecular weight excluding hydrogens is 272 g/mol. The maximum atomic E-state index is 11.8.